The molecule has 0 aliphatic rings. The summed E-state index contributed by atoms with van der Waals surface area (Å²) in [6.07, 6.45) is 1.84. The van der Waals surface area contributed by atoms with Gasteiger partial charge in [0.2, 0.25) is 0 Å². The molecule has 2 nitrogen and oxygen atoms in total. The summed E-state index contributed by atoms with van der Waals surface area (Å²) in [5.74, 6) is -0.208. The summed E-state index contributed by atoms with van der Waals surface area (Å²) in [6, 6.07) is 5.21. The van der Waals surface area contributed by atoms with Crippen molar-refractivity contribution in [2.45, 2.75) is 38.8 Å². The largest absolute Gasteiger partial charge is 0.380 e. The average molecular weight is 318 g/mol. The Bertz CT molecular complexity index is 349. The first kappa shape index (κ1) is 15.6. The summed E-state index contributed by atoms with van der Waals surface area (Å²) in [5, 5.41) is 3.41. The second-order valence-electron chi connectivity index (χ2n) is 4.33. The van der Waals surface area contributed by atoms with Crippen LogP contribution in [-0.4, -0.2) is 25.8 Å². The van der Waals surface area contributed by atoms with Gasteiger partial charge in [-0.15, -0.1) is 0 Å². The van der Waals surface area contributed by atoms with Gasteiger partial charge >= 0.3 is 0 Å². The molecule has 18 heavy (non-hydrogen) atoms. The first-order valence-electron chi connectivity index (χ1n) is 6.31. The van der Waals surface area contributed by atoms with Crippen LogP contribution < -0.4 is 5.32 Å². The van der Waals surface area contributed by atoms with Crippen LogP contribution in [0.5, 0.6) is 0 Å². The zero-order valence-corrected chi connectivity index (χ0v) is 12.8. The number of likely N-dealkylation sites (N-methyl/N-ethyl adjacent to an activating group) is 1. The summed E-state index contributed by atoms with van der Waals surface area (Å²) in [5.41, 5.74) is 0.975. The van der Waals surface area contributed by atoms with E-state index in [1.54, 1.807) is 13.2 Å². The lowest BCUT2D eigenvalue weighted by Crippen LogP contribution is -2.42. The molecule has 0 aromatic heterocycles. The SMILES string of the molecule is CCNC(Cc1cc(F)cc(Br)c1)C(CC)OC. The van der Waals surface area contributed by atoms with Gasteiger partial charge in [0.1, 0.15) is 5.82 Å². The third kappa shape index (κ3) is 4.67. The summed E-state index contributed by atoms with van der Waals surface area (Å²) in [6.45, 7) is 5.04. The first-order valence-corrected chi connectivity index (χ1v) is 7.11. The van der Waals surface area contributed by atoms with Gasteiger partial charge in [-0.05, 0) is 43.1 Å². The molecule has 0 aliphatic heterocycles. The van der Waals surface area contributed by atoms with Crippen molar-refractivity contribution in [3.63, 3.8) is 0 Å². The number of nitrogens with one attached hydrogen (secondary N) is 1. The Labute approximate surface area is 117 Å². The van der Waals surface area contributed by atoms with Gasteiger partial charge in [-0.25, -0.2) is 4.39 Å². The number of benzene rings is 1. The molecule has 2 atom stereocenters. The molecule has 1 rings (SSSR count). The van der Waals surface area contributed by atoms with Gasteiger partial charge in [-0.2, -0.15) is 0 Å². The maximum absolute atomic E-state index is 13.3. The standard InChI is InChI=1S/C14H21BrFNO/c1-4-14(18-3)13(17-5-2)8-10-6-11(15)9-12(16)7-10/h6-7,9,13-14,17H,4-5,8H2,1-3H3. The first-order chi connectivity index (χ1) is 8.60. The normalized spacial score (nSPS) is 14.5. The minimum atomic E-state index is -0.208. The van der Waals surface area contributed by atoms with Crippen LogP contribution in [-0.2, 0) is 11.2 Å². The topological polar surface area (TPSA) is 21.3 Å². The Morgan fingerprint density at radius 3 is 2.56 bits per heavy atom. The van der Waals surface area contributed by atoms with Crippen molar-refractivity contribution in [3.8, 4) is 0 Å². The molecule has 2 unspecified atom stereocenters. The highest BCUT2D eigenvalue weighted by molar-refractivity contribution is 9.10. The fourth-order valence-electron chi connectivity index (χ4n) is 2.20. The summed E-state index contributed by atoms with van der Waals surface area (Å²) >= 11 is 3.32. The lowest BCUT2D eigenvalue weighted by Gasteiger charge is -2.26. The van der Waals surface area contributed by atoms with E-state index >= 15 is 0 Å². The zero-order chi connectivity index (χ0) is 13.5. The van der Waals surface area contributed by atoms with E-state index < -0.39 is 0 Å². The van der Waals surface area contributed by atoms with Crippen LogP contribution >= 0.6 is 15.9 Å². The van der Waals surface area contributed by atoms with Crippen molar-refractivity contribution in [1.29, 1.82) is 0 Å². The van der Waals surface area contributed by atoms with E-state index in [0.717, 1.165) is 29.4 Å². The summed E-state index contributed by atoms with van der Waals surface area (Å²) in [4.78, 5) is 0. The van der Waals surface area contributed by atoms with E-state index in [1.807, 2.05) is 6.07 Å². The lowest BCUT2D eigenvalue weighted by atomic mass is 9.99. The fraction of sp³-hybridized carbons (Fsp3) is 0.571. The van der Waals surface area contributed by atoms with Crippen LogP contribution in [0.2, 0.25) is 0 Å². The van der Waals surface area contributed by atoms with Crippen molar-refractivity contribution in [2.75, 3.05) is 13.7 Å². The van der Waals surface area contributed by atoms with Crippen LogP contribution in [0.15, 0.2) is 22.7 Å². The van der Waals surface area contributed by atoms with E-state index in [4.69, 9.17) is 4.74 Å². The van der Waals surface area contributed by atoms with Gasteiger partial charge in [-0.3, -0.25) is 0 Å². The number of hydrogen-bond acceptors (Lipinski definition) is 2. The smallest absolute Gasteiger partial charge is 0.124 e. The molecule has 0 saturated carbocycles. The molecule has 0 saturated heterocycles. The van der Waals surface area contributed by atoms with Gasteiger partial charge in [0.15, 0.2) is 0 Å². The van der Waals surface area contributed by atoms with Gasteiger partial charge in [-0.1, -0.05) is 29.8 Å². The molecular formula is C14H21BrFNO. The van der Waals surface area contributed by atoms with Crippen molar-refractivity contribution >= 4 is 15.9 Å². The van der Waals surface area contributed by atoms with Crippen molar-refractivity contribution in [3.05, 3.63) is 34.1 Å². The quantitative estimate of drug-likeness (QED) is 0.830. The maximum Gasteiger partial charge on any atom is 0.124 e. The monoisotopic (exact) mass is 317 g/mol. The number of halogens is 2. The van der Waals surface area contributed by atoms with Gasteiger partial charge in [0.05, 0.1) is 6.10 Å². The molecule has 4 heteroatoms. The van der Waals surface area contributed by atoms with Crippen molar-refractivity contribution in [1.82, 2.24) is 5.32 Å². The predicted octanol–water partition coefficient (Wildman–Crippen LogP) is 3.53. The van der Waals surface area contributed by atoms with Crippen molar-refractivity contribution < 1.29 is 9.13 Å². The van der Waals surface area contributed by atoms with Gasteiger partial charge in [0.25, 0.3) is 0 Å². The molecule has 0 radical (unpaired) electrons. The van der Waals surface area contributed by atoms with Crippen LogP contribution in [0.25, 0.3) is 0 Å². The molecule has 1 aromatic carbocycles. The second kappa shape index (κ2) is 7.87. The summed E-state index contributed by atoms with van der Waals surface area (Å²) in [7, 11) is 1.72. The van der Waals surface area contributed by atoms with Crippen LogP contribution in [0.3, 0.4) is 0 Å². The Balaban J connectivity index is 2.81. The molecule has 1 aromatic rings. The van der Waals surface area contributed by atoms with Crippen LogP contribution in [0, 0.1) is 5.82 Å². The van der Waals surface area contributed by atoms with Gasteiger partial charge in [0, 0.05) is 17.6 Å². The van der Waals surface area contributed by atoms with Crippen LogP contribution in [0.1, 0.15) is 25.8 Å². The minimum absolute atomic E-state index is 0.145. The van der Waals surface area contributed by atoms with E-state index in [-0.39, 0.29) is 18.0 Å². The molecular weight excluding hydrogens is 297 g/mol. The van der Waals surface area contributed by atoms with E-state index in [0.29, 0.717) is 0 Å². The third-order valence-corrected chi connectivity index (χ3v) is 3.46. The molecule has 0 fully saturated rings. The fourth-order valence-corrected chi connectivity index (χ4v) is 2.71. The molecule has 0 spiro atoms. The van der Waals surface area contributed by atoms with Gasteiger partial charge < -0.3 is 10.1 Å². The molecule has 0 bridgehead atoms. The molecule has 0 heterocycles. The average Bonchev–Trinajstić information content (AvgIpc) is 2.29. The lowest BCUT2D eigenvalue weighted by molar-refractivity contribution is 0.0658. The predicted molar refractivity (Wildman–Crippen MR) is 76.4 cm³/mol. The number of methoxy groups -OCH3 is 1. The Kier molecular flexibility index (Phi) is 6.82. The molecule has 1 N–H and O–H groups in total. The summed E-state index contributed by atoms with van der Waals surface area (Å²) < 4.78 is 19.6. The Hall–Kier alpha value is -0.450. The minimum Gasteiger partial charge on any atom is -0.380 e. The molecule has 0 aliphatic carbocycles. The highest BCUT2D eigenvalue weighted by Crippen LogP contribution is 2.18. The van der Waals surface area contributed by atoms with E-state index in [2.05, 4.69) is 35.1 Å². The van der Waals surface area contributed by atoms with Crippen LogP contribution in [0.4, 0.5) is 4.39 Å². The highest BCUT2D eigenvalue weighted by atomic mass is 79.9. The molecule has 0 amide bonds. The Morgan fingerprint density at radius 2 is 2.06 bits per heavy atom. The Morgan fingerprint density at radius 1 is 1.33 bits per heavy atom. The number of ether oxygens (including phenoxy) is 1. The molecule has 102 valence electrons. The highest BCUT2D eigenvalue weighted by Gasteiger charge is 2.19. The maximum atomic E-state index is 13.3. The number of hydrogen-bond donors (Lipinski definition) is 1. The van der Waals surface area contributed by atoms with E-state index in [1.165, 1.54) is 6.07 Å². The van der Waals surface area contributed by atoms with E-state index in [9.17, 15) is 4.39 Å². The van der Waals surface area contributed by atoms with Crippen molar-refractivity contribution in [2.24, 2.45) is 0 Å². The number of rotatable bonds is 7. The second-order valence-corrected chi connectivity index (χ2v) is 5.24. The zero-order valence-electron chi connectivity index (χ0n) is 11.2. The third-order valence-electron chi connectivity index (χ3n) is 3.00.